The highest BCUT2D eigenvalue weighted by atomic mass is 32.2. The smallest absolute Gasteiger partial charge is 0.250 e. The summed E-state index contributed by atoms with van der Waals surface area (Å²) < 4.78 is 5.08. The van der Waals surface area contributed by atoms with E-state index in [1.165, 1.54) is 11.8 Å². The van der Waals surface area contributed by atoms with E-state index in [1.54, 1.807) is 13.3 Å². The van der Waals surface area contributed by atoms with E-state index in [0.29, 0.717) is 5.75 Å². The number of hydrogen-bond acceptors (Lipinski definition) is 4. The molecule has 108 valence electrons. The van der Waals surface area contributed by atoms with Crippen LogP contribution in [0, 0.1) is 0 Å². The fourth-order valence-corrected chi connectivity index (χ4v) is 2.26. The van der Waals surface area contributed by atoms with Crippen LogP contribution in [-0.2, 0) is 4.79 Å². The minimum absolute atomic E-state index is 0.136. The number of carbonyl (C=O) groups excluding carboxylic acids is 1. The highest BCUT2D eigenvalue weighted by molar-refractivity contribution is 8.00. The lowest BCUT2D eigenvalue weighted by Crippen LogP contribution is -2.19. The molecular formula is C16H16N2O2S. The van der Waals surface area contributed by atoms with Gasteiger partial charge in [0, 0.05) is 4.90 Å². The molecule has 0 aliphatic rings. The van der Waals surface area contributed by atoms with Crippen LogP contribution in [-0.4, -0.2) is 25.0 Å². The zero-order valence-corrected chi connectivity index (χ0v) is 12.5. The third kappa shape index (κ3) is 5.31. The molecule has 2 aromatic rings. The lowest BCUT2D eigenvalue weighted by molar-refractivity contribution is -0.118. The number of methoxy groups -OCH3 is 1. The van der Waals surface area contributed by atoms with Crippen molar-refractivity contribution in [3.05, 3.63) is 60.2 Å². The summed E-state index contributed by atoms with van der Waals surface area (Å²) in [6.07, 6.45) is 1.62. The maximum atomic E-state index is 11.7. The number of nitrogens with one attached hydrogen (secondary N) is 1. The Kier molecular flexibility index (Phi) is 5.84. The Morgan fingerprint density at radius 3 is 2.57 bits per heavy atom. The van der Waals surface area contributed by atoms with E-state index >= 15 is 0 Å². The van der Waals surface area contributed by atoms with Gasteiger partial charge in [0.25, 0.3) is 0 Å². The Balaban J connectivity index is 1.75. The Morgan fingerprint density at radius 2 is 1.90 bits per heavy atom. The van der Waals surface area contributed by atoms with Gasteiger partial charge in [0.2, 0.25) is 5.91 Å². The molecule has 0 saturated heterocycles. The number of nitrogens with zero attached hydrogens (tertiary/aromatic N) is 1. The van der Waals surface area contributed by atoms with Crippen molar-refractivity contribution < 1.29 is 9.53 Å². The first kappa shape index (κ1) is 15.1. The van der Waals surface area contributed by atoms with Crippen LogP contribution in [0.1, 0.15) is 5.56 Å². The largest absolute Gasteiger partial charge is 0.497 e. The van der Waals surface area contributed by atoms with Crippen LogP contribution in [0.25, 0.3) is 0 Å². The van der Waals surface area contributed by atoms with Gasteiger partial charge in [-0.25, -0.2) is 5.43 Å². The summed E-state index contributed by atoms with van der Waals surface area (Å²) in [5, 5.41) is 3.92. The third-order valence-corrected chi connectivity index (χ3v) is 3.64. The molecule has 0 radical (unpaired) electrons. The number of hydrogen-bond donors (Lipinski definition) is 1. The maximum absolute atomic E-state index is 11.7. The lowest BCUT2D eigenvalue weighted by atomic mass is 10.2. The van der Waals surface area contributed by atoms with E-state index in [1.807, 2.05) is 54.6 Å². The van der Waals surface area contributed by atoms with Crippen LogP contribution in [0.3, 0.4) is 0 Å². The summed E-state index contributed by atoms with van der Waals surface area (Å²) in [6, 6.07) is 17.2. The zero-order valence-electron chi connectivity index (χ0n) is 11.7. The lowest BCUT2D eigenvalue weighted by Gasteiger charge is -2.02. The summed E-state index contributed by atoms with van der Waals surface area (Å²) >= 11 is 1.45. The number of thioether (sulfide) groups is 1. The molecule has 0 atom stereocenters. The molecule has 5 heteroatoms. The zero-order chi connectivity index (χ0) is 14.9. The van der Waals surface area contributed by atoms with E-state index in [4.69, 9.17) is 4.74 Å². The van der Waals surface area contributed by atoms with Crippen LogP contribution in [0.15, 0.2) is 64.6 Å². The second-order valence-electron chi connectivity index (χ2n) is 4.17. The van der Waals surface area contributed by atoms with Gasteiger partial charge in [-0.3, -0.25) is 4.79 Å². The van der Waals surface area contributed by atoms with Crippen molar-refractivity contribution in [1.29, 1.82) is 0 Å². The van der Waals surface area contributed by atoms with Crippen molar-refractivity contribution in [2.45, 2.75) is 4.90 Å². The van der Waals surface area contributed by atoms with Crippen LogP contribution in [0.4, 0.5) is 0 Å². The molecule has 0 heterocycles. The van der Waals surface area contributed by atoms with Crippen LogP contribution in [0.2, 0.25) is 0 Å². The van der Waals surface area contributed by atoms with Crippen LogP contribution >= 0.6 is 11.8 Å². The van der Waals surface area contributed by atoms with E-state index < -0.39 is 0 Å². The highest BCUT2D eigenvalue weighted by Gasteiger charge is 2.01. The van der Waals surface area contributed by atoms with Crippen molar-refractivity contribution in [3.8, 4) is 5.75 Å². The molecule has 0 unspecified atom stereocenters. The monoisotopic (exact) mass is 300 g/mol. The second kappa shape index (κ2) is 8.11. The SMILES string of the molecule is COc1ccc(SCC(=O)NN=Cc2ccccc2)cc1. The fraction of sp³-hybridized carbons (Fsp3) is 0.125. The molecule has 4 nitrogen and oxygen atoms in total. The van der Waals surface area contributed by atoms with E-state index in [2.05, 4.69) is 10.5 Å². The highest BCUT2D eigenvalue weighted by Crippen LogP contribution is 2.20. The molecule has 2 aromatic carbocycles. The third-order valence-electron chi connectivity index (χ3n) is 2.63. The van der Waals surface area contributed by atoms with Crippen molar-refractivity contribution >= 4 is 23.9 Å². The van der Waals surface area contributed by atoms with E-state index in [0.717, 1.165) is 16.2 Å². The van der Waals surface area contributed by atoms with Gasteiger partial charge in [-0.05, 0) is 29.8 Å². The first-order valence-electron chi connectivity index (χ1n) is 6.42. The number of rotatable bonds is 6. The summed E-state index contributed by atoms with van der Waals surface area (Å²) in [7, 11) is 1.63. The van der Waals surface area contributed by atoms with Gasteiger partial charge in [-0.2, -0.15) is 5.10 Å². The normalized spacial score (nSPS) is 10.5. The van der Waals surface area contributed by atoms with Gasteiger partial charge < -0.3 is 4.74 Å². The minimum Gasteiger partial charge on any atom is -0.497 e. The van der Waals surface area contributed by atoms with Gasteiger partial charge in [0.1, 0.15) is 5.75 Å². The predicted molar refractivity (Wildman–Crippen MR) is 85.9 cm³/mol. The number of carbonyl (C=O) groups is 1. The number of hydrazone groups is 1. The Morgan fingerprint density at radius 1 is 1.19 bits per heavy atom. The maximum Gasteiger partial charge on any atom is 0.250 e. The van der Waals surface area contributed by atoms with Gasteiger partial charge in [0.15, 0.2) is 0 Å². The number of ether oxygens (including phenoxy) is 1. The molecule has 0 spiro atoms. The van der Waals surface area contributed by atoms with Crippen LogP contribution in [0.5, 0.6) is 5.75 Å². The molecule has 2 rings (SSSR count). The minimum atomic E-state index is -0.136. The Labute approximate surface area is 128 Å². The first-order chi connectivity index (χ1) is 10.3. The molecule has 0 fully saturated rings. The van der Waals surface area contributed by atoms with Gasteiger partial charge >= 0.3 is 0 Å². The Bertz CT molecular complexity index is 597. The predicted octanol–water partition coefficient (Wildman–Crippen LogP) is 2.94. The van der Waals surface area contributed by atoms with Gasteiger partial charge in [-0.1, -0.05) is 30.3 Å². The van der Waals surface area contributed by atoms with Gasteiger partial charge in [0.05, 0.1) is 19.1 Å². The number of benzene rings is 2. The quantitative estimate of drug-likeness (QED) is 0.507. The fourth-order valence-electron chi connectivity index (χ4n) is 1.57. The summed E-state index contributed by atoms with van der Waals surface area (Å²) in [5.74, 6) is 0.984. The standard InChI is InChI=1S/C16H16N2O2S/c1-20-14-7-9-15(10-8-14)21-12-16(19)18-17-11-13-5-3-2-4-6-13/h2-11H,12H2,1H3,(H,18,19). The second-order valence-corrected chi connectivity index (χ2v) is 5.22. The van der Waals surface area contributed by atoms with Crippen molar-refractivity contribution in [2.24, 2.45) is 5.10 Å². The summed E-state index contributed by atoms with van der Waals surface area (Å²) in [5.41, 5.74) is 3.45. The van der Waals surface area contributed by atoms with Crippen molar-refractivity contribution in [1.82, 2.24) is 5.43 Å². The first-order valence-corrected chi connectivity index (χ1v) is 7.40. The molecule has 0 bridgehead atoms. The summed E-state index contributed by atoms with van der Waals surface area (Å²) in [6.45, 7) is 0. The molecule has 0 aromatic heterocycles. The average molecular weight is 300 g/mol. The molecule has 0 aliphatic carbocycles. The van der Waals surface area contributed by atoms with Crippen LogP contribution < -0.4 is 10.2 Å². The van der Waals surface area contributed by atoms with Crippen molar-refractivity contribution in [2.75, 3.05) is 12.9 Å². The summed E-state index contributed by atoms with van der Waals surface area (Å²) in [4.78, 5) is 12.7. The van der Waals surface area contributed by atoms with E-state index in [-0.39, 0.29) is 5.91 Å². The molecule has 21 heavy (non-hydrogen) atoms. The molecule has 1 amide bonds. The topological polar surface area (TPSA) is 50.7 Å². The van der Waals surface area contributed by atoms with Gasteiger partial charge in [-0.15, -0.1) is 11.8 Å². The molecular weight excluding hydrogens is 284 g/mol. The molecule has 0 aliphatic heterocycles. The van der Waals surface area contributed by atoms with Crippen molar-refractivity contribution in [3.63, 3.8) is 0 Å². The van der Waals surface area contributed by atoms with E-state index in [9.17, 15) is 4.79 Å². The Hall–Kier alpha value is -2.27. The number of amides is 1. The molecule has 1 N–H and O–H groups in total. The average Bonchev–Trinajstić information content (AvgIpc) is 2.54. The molecule has 0 saturated carbocycles.